The van der Waals surface area contributed by atoms with E-state index in [0.717, 1.165) is 11.1 Å². The molecule has 100 valence electrons. The number of methoxy groups -OCH3 is 1. The third-order valence-electron chi connectivity index (χ3n) is 3.01. The van der Waals surface area contributed by atoms with Gasteiger partial charge in [-0.1, -0.05) is 6.07 Å². The van der Waals surface area contributed by atoms with Crippen molar-refractivity contribution in [3.63, 3.8) is 0 Å². The number of carbonyl (C=O) groups is 1. The van der Waals surface area contributed by atoms with Gasteiger partial charge in [0, 0.05) is 12.5 Å². The van der Waals surface area contributed by atoms with E-state index in [1.54, 1.807) is 19.9 Å². The van der Waals surface area contributed by atoms with Crippen LogP contribution in [-0.2, 0) is 4.79 Å². The van der Waals surface area contributed by atoms with E-state index in [4.69, 9.17) is 15.6 Å². The fourth-order valence-electron chi connectivity index (χ4n) is 1.97. The fraction of sp³-hybridized carbons (Fsp3) is 0.462. The van der Waals surface area contributed by atoms with Crippen LogP contribution in [-0.4, -0.2) is 23.3 Å². The number of nitrogens with two attached hydrogens (primary N) is 1. The Morgan fingerprint density at radius 2 is 2.11 bits per heavy atom. The first-order valence-corrected chi connectivity index (χ1v) is 5.72. The number of carboxylic acid groups (broad SMARTS) is 1. The first-order valence-electron chi connectivity index (χ1n) is 5.72. The van der Waals surface area contributed by atoms with Gasteiger partial charge in [-0.2, -0.15) is 0 Å². The highest BCUT2D eigenvalue weighted by atomic mass is 16.5. The van der Waals surface area contributed by atoms with Crippen LogP contribution in [0.15, 0.2) is 6.07 Å². The Hall–Kier alpha value is -1.75. The first-order chi connectivity index (χ1) is 8.38. The Balaban J connectivity index is 3.09. The zero-order valence-electron chi connectivity index (χ0n) is 10.9. The maximum Gasteiger partial charge on any atom is 0.303 e. The minimum atomic E-state index is -0.870. The lowest BCUT2D eigenvalue weighted by molar-refractivity contribution is -0.137. The number of aromatic hydroxyl groups is 1. The normalized spacial score (nSPS) is 12.2. The van der Waals surface area contributed by atoms with Gasteiger partial charge in [0.25, 0.3) is 0 Å². The Bertz CT molecular complexity index is 457. The average molecular weight is 253 g/mol. The average Bonchev–Trinajstić information content (AvgIpc) is 2.31. The van der Waals surface area contributed by atoms with E-state index in [0.29, 0.717) is 17.7 Å². The summed E-state index contributed by atoms with van der Waals surface area (Å²) in [7, 11) is 1.48. The van der Waals surface area contributed by atoms with E-state index in [9.17, 15) is 9.90 Å². The Morgan fingerprint density at radius 3 is 2.61 bits per heavy atom. The molecule has 0 aliphatic heterocycles. The van der Waals surface area contributed by atoms with Crippen LogP contribution in [0.5, 0.6) is 11.5 Å². The highest BCUT2D eigenvalue weighted by molar-refractivity contribution is 5.66. The molecule has 5 nitrogen and oxygen atoms in total. The van der Waals surface area contributed by atoms with Gasteiger partial charge in [-0.25, -0.2) is 0 Å². The van der Waals surface area contributed by atoms with Gasteiger partial charge in [0.15, 0.2) is 11.5 Å². The fourth-order valence-corrected chi connectivity index (χ4v) is 1.97. The summed E-state index contributed by atoms with van der Waals surface area (Å²) in [5.74, 6) is -0.370. The van der Waals surface area contributed by atoms with Crippen LogP contribution in [0, 0.1) is 13.8 Å². The van der Waals surface area contributed by atoms with Crippen molar-refractivity contribution in [3.8, 4) is 11.5 Å². The van der Waals surface area contributed by atoms with Gasteiger partial charge < -0.3 is 20.7 Å². The molecule has 1 aromatic carbocycles. The molecule has 1 atom stereocenters. The van der Waals surface area contributed by atoms with Crippen molar-refractivity contribution in [1.29, 1.82) is 0 Å². The van der Waals surface area contributed by atoms with Gasteiger partial charge in [0.2, 0.25) is 0 Å². The second-order valence-electron chi connectivity index (χ2n) is 4.33. The standard InChI is InChI=1S/C13H19NO4/c1-7-6-9(10(14)4-5-11(15)16)8(2)13(18-3)12(7)17/h6,10,17H,4-5,14H2,1-3H3,(H,15,16). The van der Waals surface area contributed by atoms with Crippen molar-refractivity contribution in [2.75, 3.05) is 7.11 Å². The summed E-state index contributed by atoms with van der Waals surface area (Å²) in [6.07, 6.45) is 0.367. The zero-order chi connectivity index (χ0) is 13.9. The molecule has 0 amide bonds. The second-order valence-corrected chi connectivity index (χ2v) is 4.33. The van der Waals surface area contributed by atoms with Crippen LogP contribution >= 0.6 is 0 Å². The minimum absolute atomic E-state index is 0.0167. The number of phenolic OH excluding ortho intramolecular Hbond substituents is 1. The molecule has 1 aromatic rings. The van der Waals surface area contributed by atoms with E-state index in [-0.39, 0.29) is 18.2 Å². The molecular formula is C13H19NO4. The number of ether oxygens (including phenoxy) is 1. The Labute approximate surface area is 106 Å². The van der Waals surface area contributed by atoms with Crippen molar-refractivity contribution in [2.24, 2.45) is 5.73 Å². The third kappa shape index (κ3) is 2.92. The number of hydrogen-bond donors (Lipinski definition) is 3. The topological polar surface area (TPSA) is 92.8 Å². The molecule has 0 saturated carbocycles. The van der Waals surface area contributed by atoms with E-state index in [1.165, 1.54) is 7.11 Å². The molecule has 0 radical (unpaired) electrons. The molecule has 0 bridgehead atoms. The number of benzene rings is 1. The molecule has 0 aliphatic carbocycles. The summed E-state index contributed by atoms with van der Waals surface area (Å²) in [4.78, 5) is 10.5. The monoisotopic (exact) mass is 253 g/mol. The summed E-state index contributed by atoms with van der Waals surface area (Å²) in [5.41, 5.74) is 8.21. The molecule has 1 rings (SSSR count). The third-order valence-corrected chi connectivity index (χ3v) is 3.01. The van der Waals surface area contributed by atoms with Crippen molar-refractivity contribution in [2.45, 2.75) is 32.7 Å². The summed E-state index contributed by atoms with van der Waals surface area (Å²) in [6.45, 7) is 3.55. The van der Waals surface area contributed by atoms with Crippen molar-refractivity contribution in [1.82, 2.24) is 0 Å². The van der Waals surface area contributed by atoms with Crippen LogP contribution in [0.3, 0.4) is 0 Å². The number of carboxylic acids is 1. The molecule has 0 fully saturated rings. The molecule has 0 heterocycles. The van der Waals surface area contributed by atoms with E-state index >= 15 is 0 Å². The summed E-state index contributed by atoms with van der Waals surface area (Å²) >= 11 is 0. The van der Waals surface area contributed by atoms with Gasteiger partial charge in [0.1, 0.15) is 0 Å². The lowest BCUT2D eigenvalue weighted by Crippen LogP contribution is -2.14. The van der Waals surface area contributed by atoms with Crippen molar-refractivity contribution < 1.29 is 19.7 Å². The van der Waals surface area contributed by atoms with Gasteiger partial charge >= 0.3 is 5.97 Å². The predicted molar refractivity (Wildman–Crippen MR) is 67.9 cm³/mol. The minimum Gasteiger partial charge on any atom is -0.504 e. The van der Waals surface area contributed by atoms with Gasteiger partial charge in [-0.15, -0.1) is 0 Å². The molecular weight excluding hydrogens is 234 g/mol. The van der Waals surface area contributed by atoms with Gasteiger partial charge in [-0.05, 0) is 37.0 Å². The van der Waals surface area contributed by atoms with Crippen LogP contribution in [0.1, 0.15) is 35.6 Å². The molecule has 4 N–H and O–H groups in total. The maximum absolute atomic E-state index is 10.5. The highest BCUT2D eigenvalue weighted by Crippen LogP contribution is 2.37. The van der Waals surface area contributed by atoms with E-state index in [2.05, 4.69) is 0 Å². The van der Waals surface area contributed by atoms with Gasteiger partial charge in [0.05, 0.1) is 7.11 Å². The molecule has 1 unspecified atom stereocenters. The van der Waals surface area contributed by atoms with Gasteiger partial charge in [-0.3, -0.25) is 4.79 Å². The van der Waals surface area contributed by atoms with Crippen LogP contribution < -0.4 is 10.5 Å². The highest BCUT2D eigenvalue weighted by Gasteiger charge is 2.18. The lowest BCUT2D eigenvalue weighted by Gasteiger charge is -2.18. The van der Waals surface area contributed by atoms with E-state index in [1.807, 2.05) is 0 Å². The zero-order valence-corrected chi connectivity index (χ0v) is 10.9. The molecule has 0 saturated heterocycles. The molecule has 18 heavy (non-hydrogen) atoms. The van der Waals surface area contributed by atoms with Crippen molar-refractivity contribution in [3.05, 3.63) is 22.8 Å². The molecule has 0 spiro atoms. The van der Waals surface area contributed by atoms with Crippen LogP contribution in [0.2, 0.25) is 0 Å². The maximum atomic E-state index is 10.5. The molecule has 0 aliphatic rings. The molecule has 5 heteroatoms. The van der Waals surface area contributed by atoms with E-state index < -0.39 is 5.97 Å². The smallest absolute Gasteiger partial charge is 0.303 e. The number of aryl methyl sites for hydroxylation is 1. The number of rotatable bonds is 5. The Kier molecular flexibility index (Phi) is 4.55. The SMILES string of the molecule is COc1c(C)c(C(N)CCC(=O)O)cc(C)c1O. The summed E-state index contributed by atoms with van der Waals surface area (Å²) in [6, 6.07) is 1.40. The largest absolute Gasteiger partial charge is 0.504 e. The number of aliphatic carboxylic acids is 1. The number of phenols is 1. The number of hydrogen-bond acceptors (Lipinski definition) is 4. The first kappa shape index (κ1) is 14.3. The second kappa shape index (κ2) is 5.73. The van der Waals surface area contributed by atoms with Crippen molar-refractivity contribution >= 4 is 5.97 Å². The Morgan fingerprint density at radius 1 is 1.50 bits per heavy atom. The summed E-state index contributed by atoms with van der Waals surface area (Å²) in [5, 5.41) is 18.5. The molecule has 0 aromatic heterocycles. The quantitative estimate of drug-likeness (QED) is 0.745. The van der Waals surface area contributed by atoms with Crippen LogP contribution in [0.4, 0.5) is 0 Å². The summed E-state index contributed by atoms with van der Waals surface area (Å²) < 4.78 is 5.15. The van der Waals surface area contributed by atoms with Crippen LogP contribution in [0.25, 0.3) is 0 Å². The predicted octanol–water partition coefficient (Wildman–Crippen LogP) is 1.88. The lowest BCUT2D eigenvalue weighted by atomic mass is 9.95.